The molecule has 30 heavy (non-hydrogen) atoms. The number of hydrogen-bond donors (Lipinski definition) is 1. The van der Waals surface area contributed by atoms with Crippen LogP contribution in [0, 0.1) is 11.6 Å². The first-order chi connectivity index (χ1) is 14.3. The van der Waals surface area contributed by atoms with E-state index >= 15 is 0 Å². The fourth-order valence-corrected chi connectivity index (χ4v) is 2.98. The van der Waals surface area contributed by atoms with Crippen LogP contribution in [0.5, 0.6) is 0 Å². The maximum Gasteiger partial charge on any atom is 0.308 e. The number of ether oxygens (including phenoxy) is 1. The highest BCUT2D eigenvalue weighted by molar-refractivity contribution is 6.09. The highest BCUT2D eigenvalue weighted by Crippen LogP contribution is 2.20. The second-order valence-electron chi connectivity index (χ2n) is 6.65. The van der Waals surface area contributed by atoms with E-state index in [-0.39, 0.29) is 19.4 Å². The van der Waals surface area contributed by atoms with Gasteiger partial charge in [0.25, 0.3) is 11.8 Å². The van der Waals surface area contributed by atoms with E-state index in [0.29, 0.717) is 11.1 Å². The number of carbonyl (C=O) groups is 4. The average molecular weight is 416 g/mol. The highest BCUT2D eigenvalue weighted by Gasteiger charge is 2.31. The average Bonchev–Trinajstić information content (AvgIpc) is 2.70. The van der Waals surface area contributed by atoms with E-state index in [1.807, 2.05) is 5.32 Å². The van der Waals surface area contributed by atoms with Crippen LogP contribution in [0.25, 0.3) is 0 Å². The van der Waals surface area contributed by atoms with Gasteiger partial charge in [-0.05, 0) is 30.7 Å². The number of esters is 1. The number of para-hydroxylation sites is 1. The molecule has 1 aliphatic rings. The van der Waals surface area contributed by atoms with Crippen molar-refractivity contribution in [3.63, 3.8) is 0 Å². The Bertz CT molecular complexity index is 1000. The molecule has 1 N–H and O–H groups in total. The molecule has 2 aromatic rings. The van der Waals surface area contributed by atoms with Crippen LogP contribution >= 0.6 is 0 Å². The van der Waals surface area contributed by atoms with Gasteiger partial charge in [0.1, 0.15) is 17.3 Å². The molecule has 0 unspecified atom stereocenters. The van der Waals surface area contributed by atoms with Crippen LogP contribution in [0.1, 0.15) is 29.3 Å². The van der Waals surface area contributed by atoms with E-state index in [1.54, 1.807) is 24.3 Å². The summed E-state index contributed by atoms with van der Waals surface area (Å²) < 4.78 is 32.2. The van der Waals surface area contributed by atoms with Crippen LogP contribution in [0.2, 0.25) is 0 Å². The number of hydrogen-bond acceptors (Lipinski definition) is 5. The van der Waals surface area contributed by atoms with Crippen molar-refractivity contribution in [1.29, 1.82) is 0 Å². The van der Waals surface area contributed by atoms with Crippen molar-refractivity contribution in [3.05, 3.63) is 65.2 Å². The second kappa shape index (κ2) is 8.81. The summed E-state index contributed by atoms with van der Waals surface area (Å²) in [5.41, 5.74) is 0.371. The maximum absolute atomic E-state index is 13.6. The number of amides is 3. The number of anilines is 1. The van der Waals surface area contributed by atoms with E-state index in [1.165, 1.54) is 6.92 Å². The minimum Gasteiger partial charge on any atom is -0.452 e. The Morgan fingerprint density at radius 2 is 1.77 bits per heavy atom. The monoisotopic (exact) mass is 416 g/mol. The number of fused-ring (bicyclic) bond motifs is 1. The van der Waals surface area contributed by atoms with Crippen molar-refractivity contribution >= 4 is 29.4 Å². The summed E-state index contributed by atoms with van der Waals surface area (Å²) in [5, 5.41) is 2.03. The molecular weight excluding hydrogens is 398 g/mol. The minimum absolute atomic E-state index is 0.0456. The molecule has 2 aromatic carbocycles. The van der Waals surface area contributed by atoms with Gasteiger partial charge < -0.3 is 10.1 Å². The molecule has 156 valence electrons. The van der Waals surface area contributed by atoms with Crippen molar-refractivity contribution in [2.24, 2.45) is 0 Å². The summed E-state index contributed by atoms with van der Waals surface area (Å²) >= 11 is 0. The first-order valence-electron chi connectivity index (χ1n) is 9.15. The molecule has 1 atom stereocenters. The van der Waals surface area contributed by atoms with Gasteiger partial charge >= 0.3 is 5.97 Å². The molecule has 0 saturated carbocycles. The molecular formula is C21H18F2N2O5. The fourth-order valence-electron chi connectivity index (χ4n) is 2.98. The summed E-state index contributed by atoms with van der Waals surface area (Å²) in [6.07, 6.45) is -1.63. The zero-order valence-electron chi connectivity index (χ0n) is 16.0. The Kier molecular flexibility index (Phi) is 6.20. The third-order valence-electron chi connectivity index (χ3n) is 4.56. The Morgan fingerprint density at radius 1 is 1.10 bits per heavy atom. The lowest BCUT2D eigenvalue weighted by Gasteiger charge is -2.26. The van der Waals surface area contributed by atoms with Gasteiger partial charge in [0, 0.05) is 12.1 Å². The summed E-state index contributed by atoms with van der Waals surface area (Å²) in [4.78, 5) is 49.7. The van der Waals surface area contributed by atoms with Crippen LogP contribution in [0.3, 0.4) is 0 Å². The number of carbonyl (C=O) groups excluding carboxylic acids is 4. The Hall–Kier alpha value is -3.62. The van der Waals surface area contributed by atoms with E-state index < -0.39 is 47.1 Å². The van der Waals surface area contributed by atoms with Gasteiger partial charge in [-0.15, -0.1) is 0 Å². The molecule has 0 spiro atoms. The highest BCUT2D eigenvalue weighted by atomic mass is 19.1. The number of rotatable bonds is 6. The molecule has 7 nitrogen and oxygen atoms in total. The predicted molar refractivity (Wildman–Crippen MR) is 101 cm³/mol. The van der Waals surface area contributed by atoms with E-state index in [9.17, 15) is 28.0 Å². The van der Waals surface area contributed by atoms with Gasteiger partial charge in [-0.1, -0.05) is 24.3 Å². The topological polar surface area (TPSA) is 92.8 Å². The Labute approximate surface area is 170 Å². The lowest BCUT2D eigenvalue weighted by atomic mass is 9.98. The lowest BCUT2D eigenvalue weighted by molar-refractivity contribution is -0.153. The molecule has 3 rings (SSSR count). The van der Waals surface area contributed by atoms with Crippen LogP contribution < -0.4 is 5.32 Å². The second-order valence-corrected chi connectivity index (χ2v) is 6.65. The minimum atomic E-state index is -1.34. The van der Waals surface area contributed by atoms with Gasteiger partial charge in [0.05, 0.1) is 12.8 Å². The standard InChI is InChI=1S/C21H18F2N2O5/c1-12(20(28)24-19-15(22)7-4-8-16(19)23)30-18(27)9-10-25-17(26)11-13-5-2-3-6-14(13)21(25)29/h2-8,12H,9-11H2,1H3,(H,24,28)/t12-/m0/s1. The molecule has 1 heterocycles. The summed E-state index contributed by atoms with van der Waals surface area (Å²) in [6.45, 7) is 1.03. The summed E-state index contributed by atoms with van der Waals surface area (Å²) in [5.74, 6) is -4.64. The lowest BCUT2D eigenvalue weighted by Crippen LogP contribution is -2.43. The number of imide groups is 1. The number of nitrogens with zero attached hydrogens (tertiary/aromatic N) is 1. The van der Waals surface area contributed by atoms with Gasteiger partial charge in [0.2, 0.25) is 5.91 Å². The molecule has 3 amide bonds. The van der Waals surface area contributed by atoms with Crippen molar-refractivity contribution in [2.45, 2.75) is 25.9 Å². The fraction of sp³-hybridized carbons (Fsp3) is 0.238. The van der Waals surface area contributed by atoms with E-state index in [0.717, 1.165) is 23.1 Å². The molecule has 0 saturated heterocycles. The quantitative estimate of drug-likeness (QED) is 0.577. The first kappa shape index (κ1) is 21.1. The molecule has 9 heteroatoms. The maximum atomic E-state index is 13.6. The normalized spacial score (nSPS) is 14.2. The van der Waals surface area contributed by atoms with Gasteiger partial charge in [-0.3, -0.25) is 24.1 Å². The van der Waals surface area contributed by atoms with Crippen molar-refractivity contribution < 1.29 is 32.7 Å². The number of halogens is 2. The molecule has 0 aromatic heterocycles. The predicted octanol–water partition coefficient (Wildman–Crippen LogP) is 2.45. The van der Waals surface area contributed by atoms with Crippen molar-refractivity contribution in [1.82, 2.24) is 4.90 Å². The Balaban J connectivity index is 1.55. The van der Waals surface area contributed by atoms with Crippen LogP contribution in [0.15, 0.2) is 42.5 Å². The molecule has 0 aliphatic carbocycles. The smallest absolute Gasteiger partial charge is 0.308 e. The molecule has 0 bridgehead atoms. The van der Waals surface area contributed by atoms with Gasteiger partial charge in [-0.25, -0.2) is 8.78 Å². The Morgan fingerprint density at radius 3 is 2.47 bits per heavy atom. The third-order valence-corrected chi connectivity index (χ3v) is 4.56. The van der Waals surface area contributed by atoms with Crippen LogP contribution in [-0.4, -0.2) is 41.2 Å². The van der Waals surface area contributed by atoms with Crippen LogP contribution in [0.4, 0.5) is 14.5 Å². The van der Waals surface area contributed by atoms with Crippen molar-refractivity contribution in [3.8, 4) is 0 Å². The molecule has 1 aliphatic heterocycles. The summed E-state index contributed by atoms with van der Waals surface area (Å²) in [7, 11) is 0. The molecule has 0 radical (unpaired) electrons. The van der Waals surface area contributed by atoms with Gasteiger partial charge in [0.15, 0.2) is 6.10 Å². The van der Waals surface area contributed by atoms with Gasteiger partial charge in [-0.2, -0.15) is 0 Å². The zero-order chi connectivity index (χ0) is 21.8. The van der Waals surface area contributed by atoms with E-state index in [2.05, 4.69) is 0 Å². The van der Waals surface area contributed by atoms with Crippen LogP contribution in [-0.2, 0) is 25.5 Å². The summed E-state index contributed by atoms with van der Waals surface area (Å²) in [6, 6.07) is 9.79. The number of benzene rings is 2. The first-order valence-corrected chi connectivity index (χ1v) is 9.15. The third kappa shape index (κ3) is 4.51. The zero-order valence-corrected chi connectivity index (χ0v) is 16.0. The largest absolute Gasteiger partial charge is 0.452 e. The van der Waals surface area contributed by atoms with E-state index in [4.69, 9.17) is 4.74 Å². The number of nitrogens with one attached hydrogen (secondary N) is 1. The molecule has 0 fully saturated rings. The van der Waals surface area contributed by atoms with Crippen molar-refractivity contribution in [2.75, 3.05) is 11.9 Å². The SMILES string of the molecule is C[C@H](OC(=O)CCN1C(=O)Cc2ccccc2C1=O)C(=O)Nc1c(F)cccc1F.